The van der Waals surface area contributed by atoms with Gasteiger partial charge in [0.05, 0.1) is 7.11 Å². The quantitative estimate of drug-likeness (QED) is 0.819. The Morgan fingerprint density at radius 1 is 1.38 bits per heavy atom. The first-order chi connectivity index (χ1) is 7.81. The van der Waals surface area contributed by atoms with Crippen molar-refractivity contribution in [2.24, 2.45) is 5.41 Å². The number of aromatic nitrogens is 1. The minimum atomic E-state index is 0.454. The van der Waals surface area contributed by atoms with Gasteiger partial charge in [0.1, 0.15) is 0 Å². The standard InChI is InChI=1S/C13H16N2O/c1-16-12-3-2-11(7-15-12)10-4-5-13(6-10)8-14-9-13/h2-3,6-7,14H,4-5,8-9H2,1H3. The second-order valence-corrected chi connectivity index (χ2v) is 4.72. The molecule has 2 heterocycles. The highest BCUT2D eigenvalue weighted by Gasteiger charge is 2.38. The maximum Gasteiger partial charge on any atom is 0.212 e. The van der Waals surface area contributed by atoms with Gasteiger partial charge in [-0.1, -0.05) is 6.08 Å². The van der Waals surface area contributed by atoms with Crippen molar-refractivity contribution in [2.75, 3.05) is 20.2 Å². The number of allylic oxidation sites excluding steroid dienone is 1. The van der Waals surface area contributed by atoms with Crippen molar-refractivity contribution in [3.63, 3.8) is 0 Å². The number of ether oxygens (including phenoxy) is 1. The van der Waals surface area contributed by atoms with Gasteiger partial charge in [-0.2, -0.15) is 0 Å². The van der Waals surface area contributed by atoms with Crippen molar-refractivity contribution in [1.29, 1.82) is 0 Å². The molecule has 1 aliphatic carbocycles. The van der Waals surface area contributed by atoms with E-state index in [0.717, 1.165) is 13.1 Å². The van der Waals surface area contributed by atoms with E-state index in [1.807, 2.05) is 12.3 Å². The van der Waals surface area contributed by atoms with Gasteiger partial charge >= 0.3 is 0 Å². The third-order valence-electron chi connectivity index (χ3n) is 3.64. The molecule has 0 bridgehead atoms. The molecular formula is C13H16N2O. The molecule has 0 saturated carbocycles. The molecule has 1 aliphatic heterocycles. The molecule has 1 N–H and O–H groups in total. The van der Waals surface area contributed by atoms with Crippen molar-refractivity contribution in [3.05, 3.63) is 30.0 Å². The lowest BCUT2D eigenvalue weighted by Crippen LogP contribution is -2.50. The molecule has 3 rings (SSSR count). The molecule has 0 radical (unpaired) electrons. The van der Waals surface area contributed by atoms with Crippen LogP contribution in [0.4, 0.5) is 0 Å². The summed E-state index contributed by atoms with van der Waals surface area (Å²) < 4.78 is 5.06. The Bertz CT molecular complexity index is 418. The van der Waals surface area contributed by atoms with E-state index in [4.69, 9.17) is 4.74 Å². The van der Waals surface area contributed by atoms with E-state index >= 15 is 0 Å². The van der Waals surface area contributed by atoms with Crippen LogP contribution in [-0.2, 0) is 0 Å². The van der Waals surface area contributed by atoms with Crippen LogP contribution in [-0.4, -0.2) is 25.2 Å². The largest absolute Gasteiger partial charge is 0.481 e. The summed E-state index contributed by atoms with van der Waals surface area (Å²) >= 11 is 0. The molecule has 16 heavy (non-hydrogen) atoms. The van der Waals surface area contributed by atoms with Crippen LogP contribution in [0.1, 0.15) is 18.4 Å². The van der Waals surface area contributed by atoms with E-state index in [1.54, 1.807) is 7.11 Å². The molecule has 0 unspecified atom stereocenters. The monoisotopic (exact) mass is 216 g/mol. The molecule has 1 fully saturated rings. The molecular weight excluding hydrogens is 200 g/mol. The smallest absolute Gasteiger partial charge is 0.212 e. The van der Waals surface area contributed by atoms with E-state index in [-0.39, 0.29) is 0 Å². The molecule has 1 aromatic heterocycles. The van der Waals surface area contributed by atoms with Crippen LogP contribution in [0.3, 0.4) is 0 Å². The highest BCUT2D eigenvalue weighted by Crippen LogP contribution is 2.42. The zero-order chi connectivity index (χ0) is 11.0. The summed E-state index contributed by atoms with van der Waals surface area (Å²) in [4.78, 5) is 4.25. The SMILES string of the molecule is COc1ccc(C2=CC3(CC2)CNC3)cn1. The van der Waals surface area contributed by atoms with E-state index in [9.17, 15) is 0 Å². The Morgan fingerprint density at radius 3 is 2.75 bits per heavy atom. The van der Waals surface area contributed by atoms with E-state index < -0.39 is 0 Å². The van der Waals surface area contributed by atoms with Gasteiger partial charge < -0.3 is 10.1 Å². The molecule has 1 spiro atoms. The summed E-state index contributed by atoms with van der Waals surface area (Å²) in [5, 5.41) is 3.35. The van der Waals surface area contributed by atoms with Gasteiger partial charge in [0, 0.05) is 30.8 Å². The topological polar surface area (TPSA) is 34.1 Å². The Hall–Kier alpha value is -1.35. The number of pyridine rings is 1. The molecule has 2 aliphatic rings. The fourth-order valence-corrected chi connectivity index (χ4v) is 2.54. The number of hydrogen-bond acceptors (Lipinski definition) is 3. The lowest BCUT2D eigenvalue weighted by Gasteiger charge is -2.37. The number of nitrogens with one attached hydrogen (secondary N) is 1. The van der Waals surface area contributed by atoms with Crippen LogP contribution in [0.25, 0.3) is 5.57 Å². The number of hydrogen-bond donors (Lipinski definition) is 1. The number of methoxy groups -OCH3 is 1. The Kier molecular flexibility index (Phi) is 2.21. The van der Waals surface area contributed by atoms with E-state index in [1.165, 1.54) is 24.0 Å². The normalized spacial score (nSPS) is 21.7. The van der Waals surface area contributed by atoms with Crippen LogP contribution in [0.15, 0.2) is 24.4 Å². The number of nitrogens with zero attached hydrogens (tertiary/aromatic N) is 1. The summed E-state index contributed by atoms with van der Waals surface area (Å²) in [6.07, 6.45) is 6.81. The average molecular weight is 216 g/mol. The van der Waals surface area contributed by atoms with Gasteiger partial charge in [-0.05, 0) is 30.0 Å². The molecule has 1 aromatic rings. The maximum atomic E-state index is 5.06. The zero-order valence-corrected chi connectivity index (χ0v) is 9.49. The second-order valence-electron chi connectivity index (χ2n) is 4.72. The highest BCUT2D eigenvalue weighted by atomic mass is 16.5. The lowest BCUT2D eigenvalue weighted by molar-refractivity contribution is 0.236. The third kappa shape index (κ3) is 1.52. The van der Waals surface area contributed by atoms with Crippen molar-refractivity contribution >= 4 is 5.57 Å². The van der Waals surface area contributed by atoms with Crippen LogP contribution < -0.4 is 10.1 Å². The van der Waals surface area contributed by atoms with E-state index in [0.29, 0.717) is 11.3 Å². The van der Waals surface area contributed by atoms with Crippen LogP contribution in [0.2, 0.25) is 0 Å². The Balaban J connectivity index is 1.84. The van der Waals surface area contributed by atoms with Crippen LogP contribution >= 0.6 is 0 Å². The Morgan fingerprint density at radius 2 is 2.25 bits per heavy atom. The van der Waals surface area contributed by atoms with Gasteiger partial charge in [0.2, 0.25) is 5.88 Å². The minimum Gasteiger partial charge on any atom is -0.481 e. The summed E-state index contributed by atoms with van der Waals surface area (Å²) in [6, 6.07) is 4.03. The average Bonchev–Trinajstić information content (AvgIpc) is 2.74. The molecule has 3 heteroatoms. The van der Waals surface area contributed by atoms with Gasteiger partial charge in [-0.15, -0.1) is 0 Å². The minimum absolute atomic E-state index is 0.454. The summed E-state index contributed by atoms with van der Waals surface area (Å²) in [5.41, 5.74) is 3.14. The first-order valence-corrected chi connectivity index (χ1v) is 5.74. The van der Waals surface area contributed by atoms with Crippen molar-refractivity contribution < 1.29 is 4.74 Å². The zero-order valence-electron chi connectivity index (χ0n) is 9.49. The number of rotatable bonds is 2. The molecule has 3 nitrogen and oxygen atoms in total. The summed E-state index contributed by atoms with van der Waals surface area (Å²) in [6.45, 7) is 2.28. The second kappa shape index (κ2) is 3.59. The van der Waals surface area contributed by atoms with Crippen LogP contribution in [0, 0.1) is 5.41 Å². The van der Waals surface area contributed by atoms with Gasteiger partial charge in [0.25, 0.3) is 0 Å². The molecule has 84 valence electrons. The van der Waals surface area contributed by atoms with Crippen molar-refractivity contribution in [3.8, 4) is 5.88 Å². The fourth-order valence-electron chi connectivity index (χ4n) is 2.54. The van der Waals surface area contributed by atoms with Crippen molar-refractivity contribution in [1.82, 2.24) is 10.3 Å². The van der Waals surface area contributed by atoms with Crippen molar-refractivity contribution in [2.45, 2.75) is 12.8 Å². The first-order valence-electron chi connectivity index (χ1n) is 5.74. The molecule has 0 amide bonds. The lowest BCUT2D eigenvalue weighted by atomic mass is 9.82. The van der Waals surface area contributed by atoms with E-state index in [2.05, 4.69) is 22.4 Å². The maximum absolute atomic E-state index is 5.06. The van der Waals surface area contributed by atoms with Gasteiger partial charge in [0.15, 0.2) is 0 Å². The third-order valence-corrected chi connectivity index (χ3v) is 3.64. The first kappa shape index (κ1) is 9.85. The van der Waals surface area contributed by atoms with Crippen LogP contribution in [0.5, 0.6) is 5.88 Å². The molecule has 0 aromatic carbocycles. The molecule has 1 saturated heterocycles. The fraction of sp³-hybridized carbons (Fsp3) is 0.462. The van der Waals surface area contributed by atoms with Gasteiger partial charge in [-0.3, -0.25) is 0 Å². The highest BCUT2D eigenvalue weighted by molar-refractivity contribution is 5.68. The summed E-state index contributed by atoms with van der Waals surface area (Å²) in [7, 11) is 1.64. The predicted octanol–water partition coefficient (Wildman–Crippen LogP) is 1.86. The summed E-state index contributed by atoms with van der Waals surface area (Å²) in [5.74, 6) is 0.683. The Labute approximate surface area is 95.5 Å². The predicted molar refractivity (Wildman–Crippen MR) is 63.3 cm³/mol. The van der Waals surface area contributed by atoms with Gasteiger partial charge in [-0.25, -0.2) is 4.98 Å². The molecule has 0 atom stereocenters.